The van der Waals surface area contributed by atoms with Gasteiger partial charge in [-0.2, -0.15) is 0 Å². The molecule has 2 aliphatic heterocycles. The molecule has 0 saturated carbocycles. The summed E-state index contributed by atoms with van der Waals surface area (Å²) in [6, 6.07) is 3.52. The molecule has 272 valence electrons. The number of rotatable bonds is 23. The number of ether oxygens (including phenoxy) is 6. The molecule has 1 fully saturated rings. The highest BCUT2D eigenvalue weighted by Crippen LogP contribution is 2.32. The third-order valence-electron chi connectivity index (χ3n) is 7.29. The number of esters is 1. The van der Waals surface area contributed by atoms with Crippen molar-refractivity contribution in [3.05, 3.63) is 29.3 Å². The van der Waals surface area contributed by atoms with Gasteiger partial charge < -0.3 is 33.7 Å². The van der Waals surface area contributed by atoms with Crippen LogP contribution in [0.25, 0.3) is 0 Å². The number of anilines is 1. The number of nitrogens with one attached hydrogen (secondary N) is 2. The van der Waals surface area contributed by atoms with Crippen LogP contribution >= 0.6 is 0 Å². The number of fused-ring (bicyclic) bond motifs is 1. The van der Waals surface area contributed by atoms with Crippen molar-refractivity contribution in [1.82, 2.24) is 10.2 Å². The van der Waals surface area contributed by atoms with E-state index in [1.54, 1.807) is 12.1 Å². The van der Waals surface area contributed by atoms with Crippen LogP contribution in [0.5, 0.6) is 0 Å². The van der Waals surface area contributed by atoms with E-state index in [4.69, 9.17) is 28.4 Å². The Morgan fingerprint density at radius 2 is 1.37 bits per heavy atom. The fraction of sp³-hybridized carbons (Fsp3) is 0.647. The molecule has 0 radical (unpaired) electrons. The van der Waals surface area contributed by atoms with Gasteiger partial charge in [0.2, 0.25) is 17.7 Å². The molecule has 0 spiro atoms. The monoisotopic (exact) mass is 691 g/mol. The normalized spacial score (nSPS) is 16.1. The number of benzene rings is 1. The Kier molecular flexibility index (Phi) is 16.7. The first-order chi connectivity index (χ1) is 23.5. The van der Waals surface area contributed by atoms with Gasteiger partial charge in [-0.25, -0.2) is 0 Å². The summed E-state index contributed by atoms with van der Waals surface area (Å²) < 4.78 is 32.5. The van der Waals surface area contributed by atoms with Crippen molar-refractivity contribution in [3.63, 3.8) is 0 Å². The van der Waals surface area contributed by atoms with Crippen molar-refractivity contribution in [2.24, 2.45) is 0 Å². The minimum atomic E-state index is -1.07. The molecule has 1 aromatic carbocycles. The van der Waals surface area contributed by atoms with Gasteiger partial charge in [0.15, 0.2) is 0 Å². The molecule has 1 aromatic rings. The van der Waals surface area contributed by atoms with Crippen LogP contribution in [0.3, 0.4) is 0 Å². The second kappa shape index (κ2) is 20.7. The van der Waals surface area contributed by atoms with E-state index in [9.17, 15) is 28.8 Å². The summed E-state index contributed by atoms with van der Waals surface area (Å²) in [5, 5.41) is 4.89. The fourth-order valence-electron chi connectivity index (χ4n) is 5.03. The molecule has 2 aliphatic rings. The van der Waals surface area contributed by atoms with Gasteiger partial charge in [0.25, 0.3) is 11.8 Å². The van der Waals surface area contributed by atoms with Gasteiger partial charge in [-0.05, 0) is 52.2 Å². The van der Waals surface area contributed by atoms with E-state index in [0.717, 1.165) is 17.7 Å². The maximum absolute atomic E-state index is 13.2. The SMILES string of the molecule is CC(C)(C)OC(=O)CCOCCOCCOCCOCCOCCCCCC(=O)Nc1cccc2c1C(=O)N(C1CCC(=O)NC1=O)C2=O. The minimum Gasteiger partial charge on any atom is -0.460 e. The molecule has 0 aromatic heterocycles. The van der Waals surface area contributed by atoms with Crippen LogP contribution in [0.4, 0.5) is 5.69 Å². The number of imide groups is 2. The standard InChI is InChI=1S/C34H49N3O12/c1-34(2,3)49-29(40)13-15-45-17-19-47-21-23-48-22-20-46-18-16-44-14-6-4-5-10-27(38)35-25-9-7-8-24-30(25)33(43)37(32(24)42)26-11-12-28(39)36-31(26)41/h7-9,26H,4-6,10-23H2,1-3H3,(H,35,38)(H,36,39,41). The van der Waals surface area contributed by atoms with Crippen molar-refractivity contribution in [2.75, 3.05) is 71.4 Å². The summed E-state index contributed by atoms with van der Waals surface area (Å²) in [6.45, 7) is 9.71. The van der Waals surface area contributed by atoms with Crippen molar-refractivity contribution < 1.29 is 57.2 Å². The highest BCUT2D eigenvalue weighted by molar-refractivity contribution is 6.26. The van der Waals surface area contributed by atoms with Crippen molar-refractivity contribution in [2.45, 2.75) is 77.4 Å². The van der Waals surface area contributed by atoms with Crippen LogP contribution in [0.2, 0.25) is 0 Å². The Balaban J connectivity index is 1.13. The van der Waals surface area contributed by atoms with Gasteiger partial charge in [0, 0.05) is 19.4 Å². The highest BCUT2D eigenvalue weighted by Gasteiger charge is 2.45. The number of hydrogen-bond donors (Lipinski definition) is 2. The lowest BCUT2D eigenvalue weighted by atomic mass is 10.0. The first-order valence-corrected chi connectivity index (χ1v) is 16.7. The smallest absolute Gasteiger partial charge is 0.308 e. The molecule has 2 N–H and O–H groups in total. The fourth-order valence-corrected chi connectivity index (χ4v) is 5.03. The molecule has 15 nitrogen and oxygen atoms in total. The number of unbranched alkanes of at least 4 members (excludes halogenated alkanes) is 2. The van der Waals surface area contributed by atoms with Crippen LogP contribution < -0.4 is 10.6 Å². The summed E-state index contributed by atoms with van der Waals surface area (Å²) in [5.41, 5.74) is -0.119. The Bertz CT molecular complexity index is 1300. The van der Waals surface area contributed by atoms with Gasteiger partial charge in [-0.3, -0.25) is 39.0 Å². The Morgan fingerprint density at radius 3 is 1.96 bits per heavy atom. The topological polar surface area (TPSA) is 185 Å². The third-order valence-corrected chi connectivity index (χ3v) is 7.29. The Labute approximate surface area is 286 Å². The minimum absolute atomic E-state index is 0.0280. The molecule has 1 atom stereocenters. The predicted octanol–water partition coefficient (Wildman–Crippen LogP) is 2.40. The van der Waals surface area contributed by atoms with E-state index in [1.165, 1.54) is 6.07 Å². The van der Waals surface area contributed by atoms with Crippen LogP contribution in [0.1, 0.15) is 86.4 Å². The Morgan fingerprint density at radius 1 is 0.776 bits per heavy atom. The van der Waals surface area contributed by atoms with E-state index >= 15 is 0 Å². The molecule has 2 heterocycles. The average molecular weight is 692 g/mol. The van der Waals surface area contributed by atoms with Crippen molar-refractivity contribution in [1.29, 1.82) is 0 Å². The van der Waals surface area contributed by atoms with Crippen LogP contribution in [0, 0.1) is 0 Å². The number of amides is 5. The van der Waals surface area contributed by atoms with E-state index in [-0.39, 0.29) is 54.4 Å². The summed E-state index contributed by atoms with van der Waals surface area (Å²) >= 11 is 0. The van der Waals surface area contributed by atoms with Gasteiger partial charge in [-0.1, -0.05) is 12.5 Å². The number of piperidine rings is 1. The zero-order valence-corrected chi connectivity index (χ0v) is 28.7. The molecule has 49 heavy (non-hydrogen) atoms. The Hall–Kier alpha value is -3.76. The van der Waals surface area contributed by atoms with E-state index in [2.05, 4.69) is 10.6 Å². The van der Waals surface area contributed by atoms with Gasteiger partial charge in [0.1, 0.15) is 11.6 Å². The lowest BCUT2D eigenvalue weighted by Gasteiger charge is -2.27. The van der Waals surface area contributed by atoms with Gasteiger partial charge >= 0.3 is 5.97 Å². The molecule has 0 aliphatic carbocycles. The van der Waals surface area contributed by atoms with Crippen LogP contribution in [-0.2, 0) is 47.6 Å². The average Bonchev–Trinajstić information content (AvgIpc) is 3.29. The second-order valence-electron chi connectivity index (χ2n) is 12.4. The third kappa shape index (κ3) is 13.9. The summed E-state index contributed by atoms with van der Waals surface area (Å²) in [7, 11) is 0. The molecular formula is C34H49N3O12. The van der Waals surface area contributed by atoms with Crippen molar-refractivity contribution >= 4 is 41.2 Å². The van der Waals surface area contributed by atoms with Crippen LogP contribution in [-0.4, -0.2) is 118 Å². The lowest BCUT2D eigenvalue weighted by molar-refractivity contribution is -0.156. The van der Waals surface area contributed by atoms with Gasteiger partial charge in [-0.15, -0.1) is 0 Å². The molecule has 1 unspecified atom stereocenters. The maximum atomic E-state index is 13.2. The first kappa shape index (κ1) is 39.7. The van der Waals surface area contributed by atoms with Gasteiger partial charge in [0.05, 0.1) is 82.7 Å². The number of hydrogen-bond acceptors (Lipinski definition) is 12. The zero-order valence-electron chi connectivity index (χ0n) is 28.7. The molecular weight excluding hydrogens is 642 g/mol. The number of carbonyl (C=O) groups is 6. The lowest BCUT2D eigenvalue weighted by Crippen LogP contribution is -2.54. The molecule has 15 heteroatoms. The van der Waals surface area contributed by atoms with Crippen molar-refractivity contribution in [3.8, 4) is 0 Å². The second-order valence-corrected chi connectivity index (χ2v) is 12.4. The molecule has 5 amide bonds. The first-order valence-electron chi connectivity index (χ1n) is 16.7. The molecule has 3 rings (SSSR count). The molecule has 1 saturated heterocycles. The summed E-state index contributed by atoms with van der Waals surface area (Å²) in [5.74, 6) is -3.01. The highest BCUT2D eigenvalue weighted by atomic mass is 16.6. The maximum Gasteiger partial charge on any atom is 0.308 e. The largest absolute Gasteiger partial charge is 0.460 e. The molecule has 0 bridgehead atoms. The zero-order chi connectivity index (χ0) is 35.6. The number of carbonyl (C=O) groups excluding carboxylic acids is 6. The predicted molar refractivity (Wildman–Crippen MR) is 175 cm³/mol. The van der Waals surface area contributed by atoms with E-state index < -0.39 is 35.3 Å². The summed E-state index contributed by atoms with van der Waals surface area (Å²) in [4.78, 5) is 75.0. The van der Waals surface area contributed by atoms with Crippen LogP contribution in [0.15, 0.2) is 18.2 Å². The van der Waals surface area contributed by atoms with E-state index in [1.807, 2.05) is 20.8 Å². The summed E-state index contributed by atoms with van der Waals surface area (Å²) in [6.07, 6.45) is 2.65. The van der Waals surface area contributed by atoms with E-state index in [0.29, 0.717) is 72.5 Å². The number of nitrogens with zero attached hydrogens (tertiary/aromatic N) is 1. The quantitative estimate of drug-likeness (QED) is 0.0972.